The minimum Gasteiger partial charge on any atom is -0.338 e. The van der Waals surface area contributed by atoms with E-state index in [-0.39, 0.29) is 0 Å². The Kier molecular flexibility index (Phi) is 3.01. The summed E-state index contributed by atoms with van der Waals surface area (Å²) in [4.78, 5) is 8.39. The van der Waals surface area contributed by atoms with Gasteiger partial charge in [0, 0.05) is 11.9 Å². The average molecular weight is 224 g/mol. The number of pyridine rings is 2. The maximum atomic E-state index is 9.00. The zero-order valence-corrected chi connectivity index (χ0v) is 9.73. The van der Waals surface area contributed by atoms with Crippen molar-refractivity contribution in [2.24, 2.45) is 0 Å². The lowest BCUT2D eigenvalue weighted by atomic mass is 10.2. The quantitative estimate of drug-likeness (QED) is 0.851. The van der Waals surface area contributed by atoms with E-state index in [0.717, 1.165) is 16.9 Å². The molecule has 0 radical (unpaired) electrons. The predicted molar refractivity (Wildman–Crippen MR) is 65.9 cm³/mol. The van der Waals surface area contributed by atoms with Crippen LogP contribution in [0.5, 0.6) is 0 Å². The third-order valence-corrected chi connectivity index (χ3v) is 2.29. The number of anilines is 2. The van der Waals surface area contributed by atoms with Gasteiger partial charge >= 0.3 is 0 Å². The lowest BCUT2D eigenvalue weighted by Gasteiger charge is -2.08. The zero-order valence-electron chi connectivity index (χ0n) is 9.73. The maximum absolute atomic E-state index is 9.00. The molecule has 0 aromatic carbocycles. The Balaban J connectivity index is 2.36. The molecular weight excluding hydrogens is 212 g/mol. The van der Waals surface area contributed by atoms with Crippen molar-refractivity contribution in [1.29, 1.82) is 5.26 Å². The van der Waals surface area contributed by atoms with Gasteiger partial charge < -0.3 is 5.32 Å². The lowest BCUT2D eigenvalue weighted by Crippen LogP contribution is -1.98. The van der Waals surface area contributed by atoms with Crippen molar-refractivity contribution in [1.82, 2.24) is 9.97 Å². The largest absolute Gasteiger partial charge is 0.338 e. The highest BCUT2D eigenvalue weighted by molar-refractivity contribution is 5.62. The highest BCUT2D eigenvalue weighted by Crippen LogP contribution is 2.18. The Morgan fingerprint density at radius 3 is 2.76 bits per heavy atom. The first-order chi connectivity index (χ1) is 8.19. The molecular formula is C13H12N4. The van der Waals surface area contributed by atoms with E-state index in [1.165, 1.54) is 0 Å². The van der Waals surface area contributed by atoms with Gasteiger partial charge in [0.25, 0.3) is 0 Å². The van der Waals surface area contributed by atoms with Crippen LogP contribution in [0.1, 0.15) is 16.8 Å². The fourth-order valence-corrected chi connectivity index (χ4v) is 1.50. The molecule has 0 unspecified atom stereocenters. The van der Waals surface area contributed by atoms with Gasteiger partial charge in [0.15, 0.2) is 0 Å². The standard InChI is InChI=1S/C13H12N4/c1-9-5-12(8-15-7-9)17-13-11(6-14)4-3-10(2)16-13/h3-5,7-8H,1-2H3,(H,16,17). The molecule has 0 saturated heterocycles. The number of aromatic nitrogens is 2. The van der Waals surface area contributed by atoms with Gasteiger partial charge in [0.1, 0.15) is 11.9 Å². The second kappa shape index (κ2) is 4.62. The molecule has 4 heteroatoms. The Labute approximate surface area is 100.0 Å². The van der Waals surface area contributed by atoms with E-state index in [1.807, 2.05) is 26.0 Å². The summed E-state index contributed by atoms with van der Waals surface area (Å²) in [5.41, 5.74) is 3.28. The number of aryl methyl sites for hydroxylation is 2. The lowest BCUT2D eigenvalue weighted by molar-refractivity contribution is 1.18. The first-order valence-electron chi connectivity index (χ1n) is 5.25. The number of rotatable bonds is 2. The molecule has 0 fully saturated rings. The van der Waals surface area contributed by atoms with E-state index in [0.29, 0.717) is 11.4 Å². The van der Waals surface area contributed by atoms with Crippen molar-refractivity contribution in [3.8, 4) is 6.07 Å². The van der Waals surface area contributed by atoms with Crippen molar-refractivity contribution in [2.75, 3.05) is 5.32 Å². The molecule has 0 aliphatic carbocycles. The van der Waals surface area contributed by atoms with Gasteiger partial charge in [0.2, 0.25) is 0 Å². The van der Waals surface area contributed by atoms with Crippen LogP contribution in [-0.4, -0.2) is 9.97 Å². The van der Waals surface area contributed by atoms with Gasteiger partial charge in [-0.25, -0.2) is 4.98 Å². The van der Waals surface area contributed by atoms with Crippen LogP contribution in [0.4, 0.5) is 11.5 Å². The molecule has 2 aromatic heterocycles. The van der Waals surface area contributed by atoms with Gasteiger partial charge in [-0.1, -0.05) is 0 Å². The van der Waals surface area contributed by atoms with E-state index in [4.69, 9.17) is 5.26 Å². The predicted octanol–water partition coefficient (Wildman–Crippen LogP) is 2.71. The van der Waals surface area contributed by atoms with E-state index in [2.05, 4.69) is 21.4 Å². The SMILES string of the molecule is Cc1cncc(Nc2nc(C)ccc2C#N)c1. The fourth-order valence-electron chi connectivity index (χ4n) is 1.50. The zero-order chi connectivity index (χ0) is 12.3. The third-order valence-electron chi connectivity index (χ3n) is 2.29. The van der Waals surface area contributed by atoms with Gasteiger partial charge in [-0.15, -0.1) is 0 Å². The van der Waals surface area contributed by atoms with E-state index in [1.54, 1.807) is 18.5 Å². The normalized spacial score (nSPS) is 9.71. The number of nitrogens with zero attached hydrogens (tertiary/aromatic N) is 3. The van der Waals surface area contributed by atoms with E-state index >= 15 is 0 Å². The van der Waals surface area contributed by atoms with Crippen LogP contribution < -0.4 is 5.32 Å². The second-order valence-electron chi connectivity index (χ2n) is 3.84. The number of hydrogen-bond acceptors (Lipinski definition) is 4. The van der Waals surface area contributed by atoms with E-state index < -0.39 is 0 Å². The topological polar surface area (TPSA) is 61.6 Å². The molecule has 84 valence electrons. The summed E-state index contributed by atoms with van der Waals surface area (Å²) in [7, 11) is 0. The van der Waals surface area contributed by atoms with Crippen LogP contribution >= 0.6 is 0 Å². The molecule has 0 saturated carbocycles. The number of nitriles is 1. The van der Waals surface area contributed by atoms with Crippen LogP contribution in [0.3, 0.4) is 0 Å². The maximum Gasteiger partial charge on any atom is 0.148 e. The Hall–Kier alpha value is -2.41. The van der Waals surface area contributed by atoms with Gasteiger partial charge in [-0.05, 0) is 37.6 Å². The van der Waals surface area contributed by atoms with Crippen LogP contribution in [-0.2, 0) is 0 Å². The molecule has 0 aliphatic rings. The van der Waals surface area contributed by atoms with Crippen LogP contribution in [0.25, 0.3) is 0 Å². The van der Waals surface area contributed by atoms with E-state index in [9.17, 15) is 0 Å². The fraction of sp³-hybridized carbons (Fsp3) is 0.154. The molecule has 0 amide bonds. The first-order valence-corrected chi connectivity index (χ1v) is 5.25. The average Bonchev–Trinajstić information content (AvgIpc) is 2.29. The Morgan fingerprint density at radius 2 is 2.06 bits per heavy atom. The third kappa shape index (κ3) is 2.58. The van der Waals surface area contributed by atoms with Crippen molar-refractivity contribution in [2.45, 2.75) is 13.8 Å². The van der Waals surface area contributed by atoms with Gasteiger partial charge in [-0.2, -0.15) is 5.26 Å². The van der Waals surface area contributed by atoms with Gasteiger partial charge in [0.05, 0.1) is 17.4 Å². The highest BCUT2D eigenvalue weighted by atomic mass is 15.0. The summed E-state index contributed by atoms with van der Waals surface area (Å²) in [6.07, 6.45) is 3.48. The van der Waals surface area contributed by atoms with Gasteiger partial charge in [-0.3, -0.25) is 4.98 Å². The summed E-state index contributed by atoms with van der Waals surface area (Å²) in [6, 6.07) is 7.64. The molecule has 0 spiro atoms. The summed E-state index contributed by atoms with van der Waals surface area (Å²) in [6.45, 7) is 3.86. The molecule has 0 aliphatic heterocycles. The summed E-state index contributed by atoms with van der Waals surface area (Å²) >= 11 is 0. The van der Waals surface area contributed by atoms with Crippen molar-refractivity contribution in [3.63, 3.8) is 0 Å². The number of hydrogen-bond donors (Lipinski definition) is 1. The smallest absolute Gasteiger partial charge is 0.148 e. The van der Waals surface area contributed by atoms with Crippen LogP contribution in [0.2, 0.25) is 0 Å². The Morgan fingerprint density at radius 1 is 1.24 bits per heavy atom. The minimum absolute atomic E-state index is 0.525. The van der Waals surface area contributed by atoms with Crippen LogP contribution in [0, 0.1) is 25.2 Å². The monoisotopic (exact) mass is 224 g/mol. The molecule has 0 bridgehead atoms. The van der Waals surface area contributed by atoms with Crippen molar-refractivity contribution in [3.05, 3.63) is 47.4 Å². The molecule has 4 nitrogen and oxygen atoms in total. The summed E-state index contributed by atoms with van der Waals surface area (Å²) in [5, 5.41) is 12.1. The van der Waals surface area contributed by atoms with Crippen molar-refractivity contribution >= 4 is 11.5 Å². The summed E-state index contributed by atoms with van der Waals surface area (Å²) in [5.74, 6) is 0.569. The molecule has 2 aromatic rings. The summed E-state index contributed by atoms with van der Waals surface area (Å²) < 4.78 is 0. The van der Waals surface area contributed by atoms with Crippen LogP contribution in [0.15, 0.2) is 30.6 Å². The molecule has 2 rings (SSSR count). The molecule has 2 heterocycles. The highest BCUT2D eigenvalue weighted by Gasteiger charge is 2.04. The Bertz CT molecular complexity index is 584. The molecule has 17 heavy (non-hydrogen) atoms. The minimum atomic E-state index is 0.525. The molecule has 1 N–H and O–H groups in total. The number of nitrogens with one attached hydrogen (secondary N) is 1. The second-order valence-corrected chi connectivity index (χ2v) is 3.84. The van der Waals surface area contributed by atoms with Crippen molar-refractivity contribution < 1.29 is 0 Å². The molecule has 0 atom stereocenters. The first kappa shape index (κ1) is 11.1.